The lowest BCUT2D eigenvalue weighted by atomic mass is 10.1. The highest BCUT2D eigenvalue weighted by Gasteiger charge is 2.26. The fourth-order valence-corrected chi connectivity index (χ4v) is 2.81. The number of rotatable bonds is 4. The second-order valence-corrected chi connectivity index (χ2v) is 5.15. The molecule has 106 valence electrons. The number of aryl methyl sites for hydroxylation is 1. The maximum absolute atomic E-state index is 14.2. The second kappa shape index (κ2) is 5.29. The number of halogens is 1. The van der Waals surface area contributed by atoms with Gasteiger partial charge in [0.05, 0.1) is 19.9 Å². The van der Waals surface area contributed by atoms with E-state index in [1.807, 2.05) is 19.1 Å². The standard InChI is InChI=1S/C16H18FNO2/c1-10-7-8-20-15(10)9-18-13-5-3-12-11(13)4-6-14(19-2)16(12)17/h4,6-8,13,18H,3,5,9H2,1-2H3/t13-/m0/s1. The number of benzene rings is 1. The van der Waals surface area contributed by atoms with Gasteiger partial charge in [0, 0.05) is 6.04 Å². The molecule has 0 saturated heterocycles. The second-order valence-electron chi connectivity index (χ2n) is 5.15. The maximum atomic E-state index is 14.2. The molecule has 2 aromatic rings. The quantitative estimate of drug-likeness (QED) is 0.927. The first-order valence-electron chi connectivity index (χ1n) is 6.82. The van der Waals surface area contributed by atoms with E-state index in [9.17, 15) is 4.39 Å². The molecule has 0 saturated carbocycles. The largest absolute Gasteiger partial charge is 0.494 e. The summed E-state index contributed by atoms with van der Waals surface area (Å²) in [5.41, 5.74) is 2.95. The van der Waals surface area contributed by atoms with Crippen molar-refractivity contribution >= 4 is 0 Å². The first-order valence-corrected chi connectivity index (χ1v) is 6.82. The monoisotopic (exact) mass is 275 g/mol. The van der Waals surface area contributed by atoms with E-state index in [-0.39, 0.29) is 11.9 Å². The highest BCUT2D eigenvalue weighted by Crippen LogP contribution is 2.36. The van der Waals surface area contributed by atoms with E-state index in [4.69, 9.17) is 9.15 Å². The van der Waals surface area contributed by atoms with Crippen LogP contribution in [0.3, 0.4) is 0 Å². The number of hydrogen-bond acceptors (Lipinski definition) is 3. The van der Waals surface area contributed by atoms with Crippen LogP contribution < -0.4 is 10.1 Å². The summed E-state index contributed by atoms with van der Waals surface area (Å²) in [6.07, 6.45) is 3.34. The first kappa shape index (κ1) is 13.2. The first-order chi connectivity index (χ1) is 9.70. The van der Waals surface area contributed by atoms with Crippen molar-refractivity contribution in [3.8, 4) is 5.75 Å². The van der Waals surface area contributed by atoms with Crippen LogP contribution in [-0.4, -0.2) is 7.11 Å². The van der Waals surface area contributed by atoms with Gasteiger partial charge in [-0.15, -0.1) is 0 Å². The van der Waals surface area contributed by atoms with Gasteiger partial charge in [0.1, 0.15) is 5.76 Å². The lowest BCUT2D eigenvalue weighted by molar-refractivity contribution is 0.384. The average Bonchev–Trinajstić information content (AvgIpc) is 3.04. The van der Waals surface area contributed by atoms with Gasteiger partial charge in [0.25, 0.3) is 0 Å². The van der Waals surface area contributed by atoms with Crippen molar-refractivity contribution in [2.24, 2.45) is 0 Å². The molecule has 1 atom stereocenters. The third kappa shape index (κ3) is 2.20. The van der Waals surface area contributed by atoms with Gasteiger partial charge in [0.2, 0.25) is 0 Å². The predicted octanol–water partition coefficient (Wildman–Crippen LogP) is 3.51. The van der Waals surface area contributed by atoms with Gasteiger partial charge < -0.3 is 14.5 Å². The van der Waals surface area contributed by atoms with E-state index in [1.165, 1.54) is 7.11 Å². The predicted molar refractivity (Wildman–Crippen MR) is 74.3 cm³/mol. The minimum absolute atomic E-state index is 0.176. The highest BCUT2D eigenvalue weighted by atomic mass is 19.1. The van der Waals surface area contributed by atoms with E-state index in [2.05, 4.69) is 5.32 Å². The van der Waals surface area contributed by atoms with Crippen LogP contribution in [0.1, 0.15) is 34.9 Å². The number of methoxy groups -OCH3 is 1. The molecule has 0 aliphatic heterocycles. The zero-order valence-corrected chi connectivity index (χ0v) is 11.7. The van der Waals surface area contributed by atoms with E-state index in [0.717, 1.165) is 35.3 Å². The van der Waals surface area contributed by atoms with Gasteiger partial charge in [-0.05, 0) is 48.6 Å². The smallest absolute Gasteiger partial charge is 0.168 e. The van der Waals surface area contributed by atoms with Crippen molar-refractivity contribution in [1.82, 2.24) is 5.32 Å². The topological polar surface area (TPSA) is 34.4 Å². The molecule has 3 nitrogen and oxygen atoms in total. The number of ether oxygens (including phenoxy) is 1. The van der Waals surface area contributed by atoms with Crippen LogP contribution in [0.2, 0.25) is 0 Å². The Kier molecular flexibility index (Phi) is 3.49. The van der Waals surface area contributed by atoms with E-state index in [1.54, 1.807) is 12.3 Å². The molecule has 1 aromatic carbocycles. The van der Waals surface area contributed by atoms with E-state index < -0.39 is 0 Å². The Morgan fingerprint density at radius 3 is 2.95 bits per heavy atom. The average molecular weight is 275 g/mol. The van der Waals surface area contributed by atoms with Crippen LogP contribution in [0.5, 0.6) is 5.75 Å². The van der Waals surface area contributed by atoms with E-state index >= 15 is 0 Å². The number of fused-ring (bicyclic) bond motifs is 1. The number of nitrogens with one attached hydrogen (secondary N) is 1. The molecule has 4 heteroatoms. The molecule has 0 spiro atoms. The molecular weight excluding hydrogens is 257 g/mol. The van der Waals surface area contributed by atoms with Gasteiger partial charge in [-0.2, -0.15) is 0 Å². The summed E-state index contributed by atoms with van der Waals surface area (Å²) in [7, 11) is 1.50. The minimum Gasteiger partial charge on any atom is -0.494 e. The highest BCUT2D eigenvalue weighted by molar-refractivity contribution is 5.42. The molecular formula is C16H18FNO2. The Bertz CT molecular complexity index is 621. The van der Waals surface area contributed by atoms with Crippen molar-refractivity contribution in [3.05, 3.63) is 52.7 Å². The molecule has 0 bridgehead atoms. The fourth-order valence-electron chi connectivity index (χ4n) is 2.81. The summed E-state index contributed by atoms with van der Waals surface area (Å²) in [4.78, 5) is 0. The van der Waals surface area contributed by atoms with Gasteiger partial charge >= 0.3 is 0 Å². The molecule has 0 unspecified atom stereocenters. The number of hydrogen-bond donors (Lipinski definition) is 1. The molecule has 1 heterocycles. The Labute approximate surface area is 117 Å². The van der Waals surface area contributed by atoms with Crippen LogP contribution in [0.15, 0.2) is 28.9 Å². The maximum Gasteiger partial charge on any atom is 0.168 e. The Morgan fingerprint density at radius 2 is 2.25 bits per heavy atom. The van der Waals surface area contributed by atoms with Gasteiger partial charge in [0.15, 0.2) is 11.6 Å². The third-order valence-electron chi connectivity index (χ3n) is 4.00. The minimum atomic E-state index is -0.219. The van der Waals surface area contributed by atoms with Crippen molar-refractivity contribution in [1.29, 1.82) is 0 Å². The molecule has 1 aromatic heterocycles. The van der Waals surface area contributed by atoms with Crippen LogP contribution >= 0.6 is 0 Å². The van der Waals surface area contributed by atoms with Gasteiger partial charge in [-0.1, -0.05) is 6.07 Å². The van der Waals surface area contributed by atoms with Crippen LogP contribution in [-0.2, 0) is 13.0 Å². The lowest BCUT2D eigenvalue weighted by Gasteiger charge is -2.14. The van der Waals surface area contributed by atoms with Crippen molar-refractivity contribution in [2.75, 3.05) is 7.11 Å². The summed E-state index contributed by atoms with van der Waals surface area (Å²) >= 11 is 0. The van der Waals surface area contributed by atoms with Crippen LogP contribution in [0.25, 0.3) is 0 Å². The molecule has 1 N–H and O–H groups in total. The van der Waals surface area contributed by atoms with Gasteiger partial charge in [-0.3, -0.25) is 0 Å². The number of furan rings is 1. The molecule has 0 amide bonds. The SMILES string of the molecule is COc1ccc2c(c1F)CC[C@@H]2NCc1occc1C. The molecule has 3 rings (SSSR count). The summed E-state index contributed by atoms with van der Waals surface area (Å²) in [6.45, 7) is 2.68. The van der Waals surface area contributed by atoms with Crippen LogP contribution in [0.4, 0.5) is 4.39 Å². The molecule has 1 aliphatic rings. The van der Waals surface area contributed by atoms with Gasteiger partial charge in [-0.25, -0.2) is 4.39 Å². The summed E-state index contributed by atoms with van der Waals surface area (Å²) in [5, 5.41) is 3.44. The van der Waals surface area contributed by atoms with Crippen molar-refractivity contribution in [2.45, 2.75) is 32.4 Å². The zero-order chi connectivity index (χ0) is 14.1. The normalized spacial score (nSPS) is 17.2. The summed E-state index contributed by atoms with van der Waals surface area (Å²) in [5.74, 6) is 1.04. The summed E-state index contributed by atoms with van der Waals surface area (Å²) in [6, 6.07) is 5.78. The van der Waals surface area contributed by atoms with Crippen molar-refractivity contribution < 1.29 is 13.5 Å². The Morgan fingerprint density at radius 1 is 1.40 bits per heavy atom. The Balaban J connectivity index is 1.76. The molecule has 0 fully saturated rings. The third-order valence-corrected chi connectivity index (χ3v) is 4.00. The molecule has 0 radical (unpaired) electrons. The lowest BCUT2D eigenvalue weighted by Crippen LogP contribution is -2.18. The summed E-state index contributed by atoms with van der Waals surface area (Å²) < 4.78 is 24.6. The molecule has 1 aliphatic carbocycles. The zero-order valence-electron chi connectivity index (χ0n) is 11.7. The Hall–Kier alpha value is -1.81. The van der Waals surface area contributed by atoms with Crippen LogP contribution in [0, 0.1) is 12.7 Å². The molecule has 20 heavy (non-hydrogen) atoms. The fraction of sp³-hybridized carbons (Fsp3) is 0.375. The van der Waals surface area contributed by atoms with Crippen molar-refractivity contribution in [3.63, 3.8) is 0 Å². The van der Waals surface area contributed by atoms with E-state index in [0.29, 0.717) is 12.3 Å².